The molecule has 10 heteroatoms. The van der Waals surface area contributed by atoms with Gasteiger partial charge in [-0.1, -0.05) is 0 Å². The molecule has 0 aliphatic carbocycles. The zero-order valence-corrected chi connectivity index (χ0v) is 18.8. The van der Waals surface area contributed by atoms with Crippen LogP contribution in [0, 0.1) is 24.1 Å². The van der Waals surface area contributed by atoms with Crippen LogP contribution in [0.1, 0.15) is 11.3 Å². The van der Waals surface area contributed by atoms with Crippen LogP contribution in [0.25, 0.3) is 10.9 Å². The van der Waals surface area contributed by atoms with Crippen LogP contribution in [-0.4, -0.2) is 58.1 Å². The molecule has 1 aliphatic rings. The molecule has 1 aliphatic heterocycles. The number of ether oxygens (including phenoxy) is 1. The van der Waals surface area contributed by atoms with Gasteiger partial charge in [-0.05, 0) is 44.3 Å². The molecular formula is C24H23FN8O. The summed E-state index contributed by atoms with van der Waals surface area (Å²) in [7, 11) is 2.11. The number of likely N-dealkylation sites (N-methyl/N-ethyl adjacent to an activating group) is 1. The lowest BCUT2D eigenvalue weighted by atomic mass is 10.2. The number of aromatic amines is 1. The van der Waals surface area contributed by atoms with E-state index in [-0.39, 0.29) is 23.0 Å². The van der Waals surface area contributed by atoms with Gasteiger partial charge in [-0.25, -0.2) is 19.3 Å². The van der Waals surface area contributed by atoms with Gasteiger partial charge in [0.05, 0.1) is 11.9 Å². The van der Waals surface area contributed by atoms with Gasteiger partial charge in [-0.2, -0.15) is 5.26 Å². The molecular weight excluding hydrogens is 435 g/mol. The number of piperazine rings is 1. The fourth-order valence-electron chi connectivity index (χ4n) is 3.93. The first-order chi connectivity index (χ1) is 16.5. The SMILES string of the molecule is Cc1cc2c(F)c(Oc3ncnc(Nc4ccc(N5CCN(C)CC5)nc4)c3C#N)ccc2[nH]1. The third-order valence-corrected chi connectivity index (χ3v) is 5.81. The molecule has 34 heavy (non-hydrogen) atoms. The van der Waals surface area contributed by atoms with Gasteiger partial charge in [-0.15, -0.1) is 0 Å². The highest BCUT2D eigenvalue weighted by Crippen LogP contribution is 2.33. The number of benzene rings is 1. The molecule has 0 unspecified atom stereocenters. The van der Waals surface area contributed by atoms with E-state index in [1.165, 1.54) is 12.4 Å². The van der Waals surface area contributed by atoms with Crippen molar-refractivity contribution in [1.82, 2.24) is 24.8 Å². The van der Waals surface area contributed by atoms with Gasteiger partial charge in [0.15, 0.2) is 22.9 Å². The smallest absolute Gasteiger partial charge is 0.242 e. The Bertz CT molecular complexity index is 1370. The maximum absolute atomic E-state index is 15.0. The van der Waals surface area contributed by atoms with Crippen molar-refractivity contribution >= 4 is 28.2 Å². The van der Waals surface area contributed by atoms with Gasteiger partial charge in [0.1, 0.15) is 18.2 Å². The number of halogens is 1. The Morgan fingerprint density at radius 2 is 1.94 bits per heavy atom. The number of rotatable bonds is 5. The number of aryl methyl sites for hydroxylation is 1. The molecule has 0 spiro atoms. The largest absolute Gasteiger partial charge is 0.434 e. The molecule has 5 rings (SSSR count). The van der Waals surface area contributed by atoms with Crippen molar-refractivity contribution in [3.8, 4) is 17.7 Å². The highest BCUT2D eigenvalue weighted by Gasteiger charge is 2.18. The Hall–Kier alpha value is -4.23. The first-order valence-corrected chi connectivity index (χ1v) is 10.9. The van der Waals surface area contributed by atoms with E-state index in [1.807, 2.05) is 19.1 Å². The van der Waals surface area contributed by atoms with Gasteiger partial charge < -0.3 is 24.8 Å². The molecule has 1 saturated heterocycles. The molecule has 1 aromatic carbocycles. The topological polar surface area (TPSA) is 106 Å². The van der Waals surface area contributed by atoms with Crippen LogP contribution >= 0.6 is 0 Å². The van der Waals surface area contributed by atoms with E-state index in [0.717, 1.165) is 37.7 Å². The Balaban J connectivity index is 1.37. The minimum atomic E-state index is -0.525. The molecule has 0 radical (unpaired) electrons. The first kappa shape index (κ1) is 21.6. The summed E-state index contributed by atoms with van der Waals surface area (Å²) in [4.78, 5) is 20.4. The van der Waals surface area contributed by atoms with Crippen molar-refractivity contribution in [2.24, 2.45) is 0 Å². The van der Waals surface area contributed by atoms with E-state index in [1.54, 1.807) is 18.3 Å². The Morgan fingerprint density at radius 1 is 1.12 bits per heavy atom. The second-order valence-corrected chi connectivity index (χ2v) is 8.23. The van der Waals surface area contributed by atoms with Gasteiger partial charge in [0, 0.05) is 42.8 Å². The van der Waals surface area contributed by atoms with E-state index in [9.17, 15) is 9.65 Å². The van der Waals surface area contributed by atoms with Crippen LogP contribution in [0.15, 0.2) is 42.9 Å². The first-order valence-electron chi connectivity index (χ1n) is 10.9. The lowest BCUT2D eigenvalue weighted by molar-refractivity contribution is 0.312. The van der Waals surface area contributed by atoms with Crippen molar-refractivity contribution < 1.29 is 9.13 Å². The number of nitrogens with one attached hydrogen (secondary N) is 2. The summed E-state index contributed by atoms with van der Waals surface area (Å²) in [6.07, 6.45) is 2.96. The zero-order valence-electron chi connectivity index (χ0n) is 18.8. The number of pyridine rings is 1. The zero-order chi connectivity index (χ0) is 23.7. The predicted octanol–water partition coefficient (Wildman–Crippen LogP) is 3.96. The molecule has 0 saturated carbocycles. The number of nitriles is 1. The second-order valence-electron chi connectivity index (χ2n) is 8.23. The summed E-state index contributed by atoms with van der Waals surface area (Å²) in [5, 5.41) is 13.3. The Morgan fingerprint density at radius 3 is 2.68 bits per heavy atom. The minimum absolute atomic E-state index is 0.0224. The van der Waals surface area contributed by atoms with Crippen LogP contribution < -0.4 is 15.0 Å². The minimum Gasteiger partial charge on any atom is -0.434 e. The summed E-state index contributed by atoms with van der Waals surface area (Å²) in [6.45, 7) is 5.68. The van der Waals surface area contributed by atoms with Crippen molar-refractivity contribution in [3.05, 3.63) is 59.9 Å². The lowest BCUT2D eigenvalue weighted by Crippen LogP contribution is -2.44. The molecule has 3 aromatic heterocycles. The van der Waals surface area contributed by atoms with Gasteiger partial charge in [0.2, 0.25) is 5.88 Å². The number of hydrogen-bond acceptors (Lipinski definition) is 8. The van der Waals surface area contributed by atoms with Crippen molar-refractivity contribution in [2.75, 3.05) is 43.4 Å². The number of anilines is 3. The molecule has 4 aromatic rings. The van der Waals surface area contributed by atoms with E-state index < -0.39 is 5.82 Å². The Labute approximate surface area is 195 Å². The third-order valence-electron chi connectivity index (χ3n) is 5.81. The third kappa shape index (κ3) is 4.21. The molecule has 0 amide bonds. The maximum Gasteiger partial charge on any atom is 0.242 e. The summed E-state index contributed by atoms with van der Waals surface area (Å²) in [5.41, 5.74) is 2.23. The summed E-state index contributed by atoms with van der Waals surface area (Å²) in [5.74, 6) is 0.568. The summed E-state index contributed by atoms with van der Waals surface area (Å²) in [6, 6.07) is 10.8. The van der Waals surface area contributed by atoms with Crippen LogP contribution in [0.3, 0.4) is 0 Å². The number of H-pyrrole nitrogens is 1. The predicted molar refractivity (Wildman–Crippen MR) is 127 cm³/mol. The van der Waals surface area contributed by atoms with Gasteiger partial charge >= 0.3 is 0 Å². The monoisotopic (exact) mass is 458 g/mol. The average Bonchev–Trinajstić information content (AvgIpc) is 3.23. The lowest BCUT2D eigenvalue weighted by Gasteiger charge is -2.33. The normalized spacial score (nSPS) is 14.2. The molecule has 0 atom stereocenters. The highest BCUT2D eigenvalue weighted by atomic mass is 19.1. The van der Waals surface area contributed by atoms with Gasteiger partial charge in [-0.3, -0.25) is 0 Å². The van der Waals surface area contributed by atoms with Gasteiger partial charge in [0.25, 0.3) is 0 Å². The summed E-state index contributed by atoms with van der Waals surface area (Å²) < 4.78 is 20.7. The van der Waals surface area contributed by atoms with E-state index in [4.69, 9.17) is 4.74 Å². The number of aromatic nitrogens is 4. The van der Waals surface area contributed by atoms with Crippen molar-refractivity contribution in [2.45, 2.75) is 6.92 Å². The van der Waals surface area contributed by atoms with Crippen LogP contribution in [0.5, 0.6) is 11.6 Å². The maximum atomic E-state index is 15.0. The van der Waals surface area contributed by atoms with Crippen LogP contribution in [0.4, 0.5) is 21.7 Å². The van der Waals surface area contributed by atoms with Crippen LogP contribution in [-0.2, 0) is 0 Å². The van der Waals surface area contributed by atoms with Crippen LogP contribution in [0.2, 0.25) is 0 Å². The van der Waals surface area contributed by atoms with Crippen molar-refractivity contribution in [1.29, 1.82) is 5.26 Å². The highest BCUT2D eigenvalue weighted by molar-refractivity contribution is 5.83. The average molecular weight is 459 g/mol. The number of hydrogen-bond donors (Lipinski definition) is 2. The molecule has 9 nitrogen and oxygen atoms in total. The Kier molecular flexibility index (Phi) is 5.69. The number of fused-ring (bicyclic) bond motifs is 1. The van der Waals surface area contributed by atoms with E-state index in [2.05, 4.69) is 48.2 Å². The van der Waals surface area contributed by atoms with E-state index >= 15 is 0 Å². The quantitative estimate of drug-likeness (QED) is 0.463. The van der Waals surface area contributed by atoms with E-state index in [0.29, 0.717) is 16.6 Å². The number of nitrogens with zero attached hydrogens (tertiary/aromatic N) is 6. The second kappa shape index (κ2) is 8.96. The molecule has 4 heterocycles. The molecule has 0 bridgehead atoms. The molecule has 172 valence electrons. The molecule has 2 N–H and O–H groups in total. The standard InChI is InChI=1S/C24H23FN8O/c1-15-11-17-19(30-15)4-5-20(22(17)25)34-24-18(12-26)23(28-14-29-24)31-16-3-6-21(27-13-16)33-9-7-32(2)8-10-33/h3-6,11,13-14,30H,7-10H2,1-2H3,(H,28,29,31). The summed E-state index contributed by atoms with van der Waals surface area (Å²) >= 11 is 0. The fraction of sp³-hybridized carbons (Fsp3) is 0.250. The van der Waals surface area contributed by atoms with Crippen molar-refractivity contribution in [3.63, 3.8) is 0 Å². The fourth-order valence-corrected chi connectivity index (χ4v) is 3.93. The molecule has 1 fully saturated rings.